The molecule has 6 heterocycles. The number of benzene rings is 1. The highest BCUT2D eigenvalue weighted by atomic mass is 35.5. The molecule has 2 atom stereocenters. The third-order valence-corrected chi connectivity index (χ3v) is 9.10. The lowest BCUT2D eigenvalue weighted by molar-refractivity contribution is -0.138. The first-order valence-electron chi connectivity index (χ1n) is 12.7. The molecule has 2 aromatic rings. The number of thiophene rings is 1. The molecule has 1 spiro atoms. The minimum absolute atomic E-state index is 0.0312. The van der Waals surface area contributed by atoms with Gasteiger partial charge in [-0.1, -0.05) is 0 Å². The number of amides is 2. The Morgan fingerprint density at radius 3 is 2.92 bits per heavy atom. The first-order valence-corrected chi connectivity index (χ1v) is 13.9. The predicted octanol–water partition coefficient (Wildman–Crippen LogP) is 2.15. The van der Waals surface area contributed by atoms with Crippen LogP contribution < -0.4 is 26.6 Å². The molecule has 2 fully saturated rings. The van der Waals surface area contributed by atoms with E-state index in [4.69, 9.17) is 21.3 Å². The third kappa shape index (κ3) is 3.81. The van der Waals surface area contributed by atoms with Crippen molar-refractivity contribution < 1.29 is 14.3 Å². The van der Waals surface area contributed by atoms with Gasteiger partial charge in [-0.2, -0.15) is 0 Å². The Bertz CT molecular complexity index is 1460. The van der Waals surface area contributed by atoms with Crippen molar-refractivity contribution in [1.29, 1.82) is 0 Å². The van der Waals surface area contributed by atoms with Gasteiger partial charge in [-0.15, -0.1) is 11.3 Å². The van der Waals surface area contributed by atoms with Crippen molar-refractivity contribution in [1.82, 2.24) is 20.9 Å². The summed E-state index contributed by atoms with van der Waals surface area (Å²) in [5.74, 6) is 0.597. The van der Waals surface area contributed by atoms with Gasteiger partial charge in [-0.25, -0.2) is 0 Å². The van der Waals surface area contributed by atoms with Gasteiger partial charge in [0.1, 0.15) is 4.88 Å². The van der Waals surface area contributed by atoms with Crippen molar-refractivity contribution in [2.75, 3.05) is 49.9 Å². The Labute approximate surface area is 227 Å². The van der Waals surface area contributed by atoms with E-state index in [0.29, 0.717) is 30.4 Å². The molecule has 13 heteroatoms. The van der Waals surface area contributed by atoms with E-state index in [0.717, 1.165) is 58.8 Å². The van der Waals surface area contributed by atoms with Gasteiger partial charge in [-0.05, 0) is 37.1 Å². The summed E-state index contributed by atoms with van der Waals surface area (Å²) < 4.78 is 7.27. The number of fused-ring (bicyclic) bond motifs is 5. The Kier molecular flexibility index (Phi) is 5.53. The number of carbonyl (C=O) groups is 2. The van der Waals surface area contributed by atoms with Crippen LogP contribution in [0.5, 0.6) is 0 Å². The second-order valence-electron chi connectivity index (χ2n) is 10.4. The molecular formula is C25H27ClN8O3S. The van der Waals surface area contributed by atoms with E-state index in [-0.39, 0.29) is 28.6 Å². The summed E-state index contributed by atoms with van der Waals surface area (Å²) in [5, 5.41) is 17.3. The molecule has 1 aromatic heterocycles. The smallest absolute Gasteiger partial charge is 0.263 e. The maximum atomic E-state index is 13.0. The summed E-state index contributed by atoms with van der Waals surface area (Å²) in [7, 11) is 0. The van der Waals surface area contributed by atoms with E-state index in [9.17, 15) is 9.59 Å². The van der Waals surface area contributed by atoms with Crippen LogP contribution in [0.4, 0.5) is 17.1 Å². The van der Waals surface area contributed by atoms with Crippen molar-refractivity contribution in [2.45, 2.75) is 25.6 Å². The minimum Gasteiger partial charge on any atom is -0.450 e. The maximum Gasteiger partial charge on any atom is 0.263 e. The summed E-state index contributed by atoms with van der Waals surface area (Å²) in [6.07, 6.45) is 2.00. The number of hydrogen-bond acceptors (Lipinski definition) is 10. The summed E-state index contributed by atoms with van der Waals surface area (Å²) in [6, 6.07) is 3.98. The molecule has 5 N–H and O–H groups in total. The zero-order chi connectivity index (χ0) is 26.0. The highest BCUT2D eigenvalue weighted by Gasteiger charge is 2.51. The molecule has 1 aromatic carbocycles. The number of carbonyl (C=O) groups excluding carboxylic acids is 2. The second-order valence-corrected chi connectivity index (χ2v) is 11.8. The Morgan fingerprint density at radius 2 is 2.13 bits per heavy atom. The van der Waals surface area contributed by atoms with Crippen LogP contribution in [-0.2, 0) is 9.53 Å². The topological polar surface area (TPSA) is 131 Å². The highest BCUT2D eigenvalue weighted by molar-refractivity contribution is 7.21. The molecule has 11 nitrogen and oxygen atoms in total. The molecule has 0 bridgehead atoms. The standard InChI is InChI=1S/C25H27ClN8O3S/c1-12-6-28-19-17-15(38-20(19)21(35)31-12)3-2-14-18(17)29-8-16(32-14)37-22-13(7-30-24(26)33-22)9-34-5-4-25(23(34)36)10-27-11-25/h2-3,8,12,16,27-28,32H,4-7,9-11H2,1H3,(H,30,33)(H,31,35)/t12-,16?/m1/s1. The predicted molar refractivity (Wildman–Crippen MR) is 149 cm³/mol. The SMILES string of the molecule is C[C@@H]1CNc2c(sc3ccc4c(c23)N=CC(OC2=C(CN3CCC5(CNC5)C3=O)CN=C(Cl)N2)N4)C(=O)N1. The van der Waals surface area contributed by atoms with Crippen LogP contribution in [0.25, 0.3) is 10.1 Å². The molecule has 1 unspecified atom stereocenters. The van der Waals surface area contributed by atoms with Gasteiger partial charge in [0.05, 0.1) is 35.2 Å². The summed E-state index contributed by atoms with van der Waals surface area (Å²) in [5.41, 5.74) is 3.00. The first-order chi connectivity index (χ1) is 18.4. The molecule has 5 aliphatic rings. The van der Waals surface area contributed by atoms with Gasteiger partial charge in [0.2, 0.25) is 12.1 Å². The molecule has 38 heavy (non-hydrogen) atoms. The Morgan fingerprint density at radius 1 is 1.26 bits per heavy atom. The molecule has 7 rings (SSSR count). The van der Waals surface area contributed by atoms with Gasteiger partial charge in [-0.3, -0.25) is 19.6 Å². The number of nitrogens with zero attached hydrogens (tertiary/aromatic N) is 3. The van der Waals surface area contributed by atoms with Crippen LogP contribution in [-0.4, -0.2) is 79.8 Å². The lowest BCUT2D eigenvalue weighted by Crippen LogP contribution is -2.57. The van der Waals surface area contributed by atoms with E-state index in [1.807, 2.05) is 24.0 Å². The van der Waals surface area contributed by atoms with Crippen LogP contribution in [0.2, 0.25) is 0 Å². The Hall–Kier alpha value is -3.35. The lowest BCUT2D eigenvalue weighted by Gasteiger charge is -2.37. The normalized spacial score (nSPS) is 25.5. The van der Waals surface area contributed by atoms with Crippen molar-refractivity contribution in [3.63, 3.8) is 0 Å². The average molecular weight is 555 g/mol. The minimum atomic E-state index is -0.565. The Balaban J connectivity index is 1.14. The number of rotatable bonds is 4. The summed E-state index contributed by atoms with van der Waals surface area (Å²) >= 11 is 7.65. The zero-order valence-electron chi connectivity index (χ0n) is 20.7. The first kappa shape index (κ1) is 23.7. The maximum absolute atomic E-state index is 13.0. The molecule has 5 aliphatic heterocycles. The molecule has 2 saturated heterocycles. The molecule has 0 radical (unpaired) electrons. The number of ether oxygens (including phenoxy) is 1. The summed E-state index contributed by atoms with van der Waals surface area (Å²) in [4.78, 5) is 37.3. The summed E-state index contributed by atoms with van der Waals surface area (Å²) in [6.45, 7) is 5.61. The van der Waals surface area contributed by atoms with Crippen LogP contribution in [0, 0.1) is 5.41 Å². The van der Waals surface area contributed by atoms with E-state index >= 15 is 0 Å². The number of anilines is 2. The third-order valence-electron chi connectivity index (χ3n) is 7.74. The van der Waals surface area contributed by atoms with Crippen LogP contribution in [0.3, 0.4) is 0 Å². The fourth-order valence-electron chi connectivity index (χ4n) is 5.59. The molecule has 0 aliphatic carbocycles. The van der Waals surface area contributed by atoms with E-state index in [1.54, 1.807) is 6.21 Å². The van der Waals surface area contributed by atoms with Crippen molar-refractivity contribution in [2.24, 2.45) is 15.4 Å². The van der Waals surface area contributed by atoms with Gasteiger partial charge in [0, 0.05) is 54.4 Å². The molecule has 198 valence electrons. The molecular weight excluding hydrogens is 528 g/mol. The van der Waals surface area contributed by atoms with Crippen LogP contribution >= 0.6 is 22.9 Å². The van der Waals surface area contributed by atoms with Gasteiger partial charge in [0.25, 0.3) is 5.91 Å². The van der Waals surface area contributed by atoms with Crippen LogP contribution in [0.1, 0.15) is 23.0 Å². The van der Waals surface area contributed by atoms with E-state index < -0.39 is 6.23 Å². The van der Waals surface area contributed by atoms with Crippen molar-refractivity contribution >= 4 is 73.4 Å². The number of aliphatic imine (C=N–C) groups is 2. The second kappa shape index (κ2) is 8.85. The fourth-order valence-corrected chi connectivity index (χ4v) is 6.82. The van der Waals surface area contributed by atoms with Gasteiger partial charge < -0.3 is 36.2 Å². The van der Waals surface area contributed by atoms with E-state index in [1.165, 1.54) is 11.3 Å². The van der Waals surface area contributed by atoms with Crippen LogP contribution in [0.15, 0.2) is 33.6 Å². The van der Waals surface area contributed by atoms with Crippen molar-refractivity contribution in [3.8, 4) is 0 Å². The average Bonchev–Trinajstić information content (AvgIpc) is 3.38. The number of halogens is 1. The molecule has 0 saturated carbocycles. The zero-order valence-corrected chi connectivity index (χ0v) is 22.3. The number of hydrogen-bond donors (Lipinski definition) is 5. The fraction of sp³-hybridized carbons (Fsp3) is 0.440. The molecule has 2 amide bonds. The lowest BCUT2D eigenvalue weighted by atomic mass is 9.80. The van der Waals surface area contributed by atoms with Gasteiger partial charge in [0.15, 0.2) is 11.2 Å². The number of nitrogens with one attached hydrogen (secondary N) is 5. The van der Waals surface area contributed by atoms with E-state index in [2.05, 4.69) is 31.6 Å². The van der Waals surface area contributed by atoms with Crippen molar-refractivity contribution in [3.05, 3.63) is 28.5 Å². The number of likely N-dealkylation sites (tertiary alicyclic amines) is 1. The monoisotopic (exact) mass is 554 g/mol. The number of amidine groups is 1. The quantitative estimate of drug-likeness (QED) is 0.366. The largest absolute Gasteiger partial charge is 0.450 e. The highest BCUT2D eigenvalue weighted by Crippen LogP contribution is 2.46. The van der Waals surface area contributed by atoms with Gasteiger partial charge >= 0.3 is 0 Å².